The Labute approximate surface area is 179 Å². The van der Waals surface area contributed by atoms with Crippen molar-refractivity contribution in [1.82, 2.24) is 15.6 Å². The summed E-state index contributed by atoms with van der Waals surface area (Å²) in [5, 5.41) is 22.0. The van der Waals surface area contributed by atoms with Crippen molar-refractivity contribution in [2.45, 2.75) is 11.8 Å². The monoisotopic (exact) mass is 452 g/mol. The smallest absolute Gasteiger partial charge is 0.277 e. The van der Waals surface area contributed by atoms with Gasteiger partial charge in [0.2, 0.25) is 0 Å². The van der Waals surface area contributed by atoms with Crippen molar-refractivity contribution in [2.24, 2.45) is 5.10 Å². The van der Waals surface area contributed by atoms with E-state index in [1.807, 2.05) is 0 Å². The molecular weight excluding hydrogens is 439 g/mol. The van der Waals surface area contributed by atoms with E-state index < -0.39 is 0 Å². The minimum Gasteiger partial charge on any atom is -0.508 e. The lowest BCUT2D eigenvalue weighted by atomic mass is 10.2. The summed E-state index contributed by atoms with van der Waals surface area (Å²) in [6.07, 6.45) is 1.42. The molecule has 0 aliphatic heterocycles. The van der Waals surface area contributed by atoms with Crippen LogP contribution >= 0.6 is 35.0 Å². The van der Waals surface area contributed by atoms with E-state index in [1.54, 1.807) is 36.4 Å². The summed E-state index contributed by atoms with van der Waals surface area (Å²) in [5.41, 5.74) is 3.03. The summed E-state index contributed by atoms with van der Waals surface area (Å²) in [7, 11) is 0. The number of hydrogen-bond donors (Lipinski definition) is 2. The zero-order valence-electron chi connectivity index (χ0n) is 14.7. The van der Waals surface area contributed by atoms with E-state index in [0.29, 0.717) is 21.4 Å². The van der Waals surface area contributed by atoms with Gasteiger partial charge in [-0.15, -0.1) is 10.2 Å². The molecule has 0 aliphatic rings. The fourth-order valence-corrected chi connectivity index (χ4v) is 3.07. The van der Waals surface area contributed by atoms with Crippen LogP contribution in [0.1, 0.15) is 11.5 Å². The quantitative estimate of drug-likeness (QED) is 0.302. The molecule has 2 N–H and O–H groups in total. The summed E-state index contributed by atoms with van der Waals surface area (Å²) in [4.78, 5) is 11.8. The standard InChI is InChI=1S/C18H14Cl2N4O4S/c19-12-4-5-15(14(20)7-12)27-9-17-23-24-18(28-17)29-10-16(26)22-21-8-11-2-1-3-13(25)6-11/h1-8,25H,9-10H2,(H,22,26)/b21-8-. The van der Waals surface area contributed by atoms with Crippen LogP contribution < -0.4 is 10.2 Å². The Morgan fingerprint density at radius 3 is 2.93 bits per heavy atom. The molecule has 0 aliphatic carbocycles. The fraction of sp³-hybridized carbons (Fsp3) is 0.111. The lowest BCUT2D eigenvalue weighted by Crippen LogP contribution is -2.19. The number of aromatic hydroxyl groups is 1. The van der Waals surface area contributed by atoms with Crippen LogP contribution in [0.3, 0.4) is 0 Å². The van der Waals surface area contributed by atoms with E-state index in [2.05, 4.69) is 20.7 Å². The van der Waals surface area contributed by atoms with Crippen molar-refractivity contribution >= 4 is 47.1 Å². The molecule has 150 valence electrons. The maximum Gasteiger partial charge on any atom is 0.277 e. The van der Waals surface area contributed by atoms with Gasteiger partial charge in [0.1, 0.15) is 11.5 Å². The predicted molar refractivity (Wildman–Crippen MR) is 110 cm³/mol. The molecule has 11 heteroatoms. The normalized spacial score (nSPS) is 11.0. The van der Waals surface area contributed by atoms with Crippen molar-refractivity contribution < 1.29 is 19.1 Å². The first-order valence-corrected chi connectivity index (χ1v) is 9.88. The van der Waals surface area contributed by atoms with Gasteiger partial charge in [-0.3, -0.25) is 4.79 Å². The highest BCUT2D eigenvalue weighted by Crippen LogP contribution is 2.28. The van der Waals surface area contributed by atoms with Gasteiger partial charge in [0.15, 0.2) is 6.61 Å². The first kappa shape index (κ1) is 21.0. The van der Waals surface area contributed by atoms with E-state index in [-0.39, 0.29) is 35.1 Å². The number of rotatable bonds is 8. The molecule has 0 radical (unpaired) electrons. The molecule has 0 spiro atoms. The number of phenolic OH excluding ortho intramolecular Hbond substituents is 1. The lowest BCUT2D eigenvalue weighted by molar-refractivity contribution is -0.118. The average molecular weight is 453 g/mol. The highest BCUT2D eigenvalue weighted by molar-refractivity contribution is 7.99. The van der Waals surface area contributed by atoms with E-state index >= 15 is 0 Å². The molecular formula is C18H14Cl2N4O4S. The van der Waals surface area contributed by atoms with Gasteiger partial charge >= 0.3 is 0 Å². The second kappa shape index (κ2) is 10.1. The van der Waals surface area contributed by atoms with Crippen LogP contribution in [-0.4, -0.2) is 33.2 Å². The number of aromatic nitrogens is 2. The van der Waals surface area contributed by atoms with E-state index in [4.69, 9.17) is 32.4 Å². The van der Waals surface area contributed by atoms with Crippen molar-refractivity contribution in [1.29, 1.82) is 0 Å². The molecule has 0 saturated heterocycles. The van der Waals surface area contributed by atoms with E-state index in [1.165, 1.54) is 12.3 Å². The molecule has 1 aromatic heterocycles. The van der Waals surface area contributed by atoms with Gasteiger partial charge in [-0.1, -0.05) is 47.1 Å². The van der Waals surface area contributed by atoms with Gasteiger partial charge in [0, 0.05) is 5.02 Å². The summed E-state index contributed by atoms with van der Waals surface area (Å²) in [6.45, 7) is 0.0231. The van der Waals surface area contributed by atoms with Gasteiger partial charge in [-0.25, -0.2) is 5.43 Å². The molecule has 3 aromatic rings. The summed E-state index contributed by atoms with van der Waals surface area (Å²) < 4.78 is 10.9. The second-order valence-electron chi connectivity index (χ2n) is 5.50. The summed E-state index contributed by atoms with van der Waals surface area (Å²) >= 11 is 12.9. The van der Waals surface area contributed by atoms with Gasteiger partial charge in [0.25, 0.3) is 17.0 Å². The van der Waals surface area contributed by atoms with Crippen molar-refractivity contribution in [3.8, 4) is 11.5 Å². The van der Waals surface area contributed by atoms with Crippen LogP contribution in [0.15, 0.2) is 57.2 Å². The minimum atomic E-state index is -0.352. The van der Waals surface area contributed by atoms with Gasteiger partial charge in [-0.2, -0.15) is 5.10 Å². The lowest BCUT2D eigenvalue weighted by Gasteiger charge is -2.05. The number of ether oxygens (including phenoxy) is 1. The number of halogens is 2. The Balaban J connectivity index is 1.43. The molecule has 0 unspecified atom stereocenters. The number of nitrogens with one attached hydrogen (secondary N) is 1. The largest absolute Gasteiger partial charge is 0.508 e. The predicted octanol–water partition coefficient (Wildman–Crippen LogP) is 3.90. The molecule has 3 rings (SSSR count). The molecule has 8 nitrogen and oxygen atoms in total. The Hall–Kier alpha value is -2.75. The molecule has 29 heavy (non-hydrogen) atoms. The summed E-state index contributed by atoms with van der Waals surface area (Å²) in [6, 6.07) is 11.3. The second-order valence-corrected chi connectivity index (χ2v) is 7.27. The zero-order chi connectivity index (χ0) is 20.6. The molecule has 0 fully saturated rings. The fourth-order valence-electron chi connectivity index (χ4n) is 2.03. The molecule has 1 heterocycles. The van der Waals surface area contributed by atoms with Crippen LogP contribution in [0.4, 0.5) is 0 Å². The summed E-state index contributed by atoms with van der Waals surface area (Å²) in [5.74, 6) is 0.469. The van der Waals surface area contributed by atoms with Crippen LogP contribution in [0.2, 0.25) is 10.0 Å². The topological polar surface area (TPSA) is 110 Å². The Kier molecular flexibility index (Phi) is 7.34. The van der Waals surface area contributed by atoms with E-state index in [9.17, 15) is 9.90 Å². The number of phenols is 1. The third-order valence-electron chi connectivity index (χ3n) is 3.29. The number of carbonyl (C=O) groups is 1. The third kappa shape index (κ3) is 6.67. The number of thioether (sulfide) groups is 1. The van der Waals surface area contributed by atoms with Gasteiger partial charge in [-0.05, 0) is 35.9 Å². The van der Waals surface area contributed by atoms with Crippen LogP contribution in [0, 0.1) is 0 Å². The number of nitrogens with zero attached hydrogens (tertiary/aromatic N) is 3. The average Bonchev–Trinajstić information content (AvgIpc) is 3.14. The first-order chi connectivity index (χ1) is 14.0. The van der Waals surface area contributed by atoms with Crippen LogP contribution in [0.25, 0.3) is 0 Å². The number of hydrogen-bond acceptors (Lipinski definition) is 8. The van der Waals surface area contributed by atoms with Gasteiger partial charge in [0.05, 0.1) is 17.0 Å². The third-order valence-corrected chi connectivity index (χ3v) is 4.64. The molecule has 0 bridgehead atoms. The highest BCUT2D eigenvalue weighted by atomic mass is 35.5. The minimum absolute atomic E-state index is 0.0231. The maximum atomic E-state index is 11.8. The zero-order valence-corrected chi connectivity index (χ0v) is 17.0. The van der Waals surface area contributed by atoms with Crippen LogP contribution in [0.5, 0.6) is 11.5 Å². The Morgan fingerprint density at radius 2 is 2.14 bits per heavy atom. The SMILES string of the molecule is O=C(CSc1nnc(COc2ccc(Cl)cc2Cl)o1)N/N=C\c1cccc(O)c1. The van der Waals surface area contributed by atoms with Crippen molar-refractivity contribution in [3.05, 3.63) is 64.0 Å². The molecule has 1 amide bonds. The molecule has 0 saturated carbocycles. The Bertz CT molecular complexity index is 1030. The maximum absolute atomic E-state index is 11.8. The van der Waals surface area contributed by atoms with Crippen molar-refractivity contribution in [3.63, 3.8) is 0 Å². The number of amides is 1. The van der Waals surface area contributed by atoms with Crippen LogP contribution in [-0.2, 0) is 11.4 Å². The molecule has 2 aromatic carbocycles. The van der Waals surface area contributed by atoms with Crippen molar-refractivity contribution in [2.75, 3.05) is 5.75 Å². The molecule has 0 atom stereocenters. The van der Waals surface area contributed by atoms with E-state index in [0.717, 1.165) is 11.8 Å². The highest BCUT2D eigenvalue weighted by Gasteiger charge is 2.11. The number of benzene rings is 2. The number of carbonyl (C=O) groups excluding carboxylic acids is 1. The van der Waals surface area contributed by atoms with Gasteiger partial charge < -0.3 is 14.3 Å². The Morgan fingerprint density at radius 1 is 1.28 bits per heavy atom. The first-order valence-electron chi connectivity index (χ1n) is 8.13. The number of hydrazone groups is 1.